The smallest absolute Gasteiger partial charge is 0.293 e. The first-order valence-electron chi connectivity index (χ1n) is 9.09. The topological polar surface area (TPSA) is 165 Å². The number of methoxy groups -OCH3 is 3. The van der Waals surface area contributed by atoms with Gasteiger partial charge in [-0.05, 0) is 28.4 Å². The number of ether oxygens (including phenoxy) is 3. The molecule has 0 saturated carbocycles. The van der Waals surface area contributed by atoms with E-state index >= 15 is 0 Å². The van der Waals surface area contributed by atoms with Gasteiger partial charge in [-0.1, -0.05) is 19.1 Å². The van der Waals surface area contributed by atoms with Gasteiger partial charge in [-0.2, -0.15) is 9.78 Å². The second-order valence-corrected chi connectivity index (χ2v) is 6.49. The maximum Gasteiger partial charge on any atom is 0.293 e. The fraction of sp³-hybridized carbons (Fsp3) is 0.333. The number of hydrazone groups is 1. The number of benzene rings is 1. The molecular formula is C18H22N8O5. The molecule has 31 heavy (non-hydrogen) atoms. The summed E-state index contributed by atoms with van der Waals surface area (Å²) in [5.41, 5.74) is 9.26. The summed E-state index contributed by atoms with van der Waals surface area (Å²) >= 11 is 0. The van der Waals surface area contributed by atoms with Crippen LogP contribution >= 0.6 is 0 Å². The van der Waals surface area contributed by atoms with E-state index in [-0.39, 0.29) is 23.2 Å². The van der Waals surface area contributed by atoms with Crippen LogP contribution in [0.4, 0.5) is 5.82 Å². The molecule has 2 heterocycles. The summed E-state index contributed by atoms with van der Waals surface area (Å²) in [6.07, 6.45) is 1.41. The number of nitrogens with two attached hydrogens (primary N) is 1. The summed E-state index contributed by atoms with van der Waals surface area (Å²) in [7, 11) is 4.51. The quantitative estimate of drug-likeness (QED) is 0.391. The molecule has 0 atom stereocenters. The Hall–Kier alpha value is -4.16. The van der Waals surface area contributed by atoms with Gasteiger partial charge in [0.25, 0.3) is 5.91 Å². The molecule has 13 heteroatoms. The van der Waals surface area contributed by atoms with E-state index in [2.05, 4.69) is 35.8 Å². The summed E-state index contributed by atoms with van der Waals surface area (Å²) in [5, 5.41) is 19.1. The van der Waals surface area contributed by atoms with Gasteiger partial charge in [0.15, 0.2) is 17.2 Å². The van der Waals surface area contributed by atoms with E-state index in [1.54, 1.807) is 12.1 Å². The molecule has 0 aliphatic rings. The number of carbonyl (C=O) groups is 1. The number of anilines is 1. The Labute approximate surface area is 177 Å². The first kappa shape index (κ1) is 21.5. The molecule has 0 fully saturated rings. The molecule has 1 amide bonds. The Morgan fingerprint density at radius 1 is 1.19 bits per heavy atom. The number of hydrogen-bond donors (Lipinski definition) is 2. The Morgan fingerprint density at radius 3 is 2.52 bits per heavy atom. The summed E-state index contributed by atoms with van der Waals surface area (Å²) in [6.45, 7) is 3.74. The third-order valence-electron chi connectivity index (χ3n) is 4.27. The highest BCUT2D eigenvalue weighted by Gasteiger charge is 2.25. The third kappa shape index (κ3) is 4.10. The number of aromatic nitrogens is 5. The highest BCUT2D eigenvalue weighted by molar-refractivity contribution is 5.94. The van der Waals surface area contributed by atoms with Crippen LogP contribution in [0.25, 0.3) is 5.82 Å². The Morgan fingerprint density at radius 2 is 1.94 bits per heavy atom. The molecule has 0 aliphatic carbocycles. The lowest BCUT2D eigenvalue weighted by molar-refractivity contribution is 0.0948. The van der Waals surface area contributed by atoms with Gasteiger partial charge < -0.3 is 19.9 Å². The van der Waals surface area contributed by atoms with Crippen molar-refractivity contribution in [2.24, 2.45) is 5.10 Å². The normalized spacial score (nSPS) is 11.2. The van der Waals surface area contributed by atoms with E-state index in [9.17, 15) is 4.79 Å². The molecule has 0 spiro atoms. The number of rotatable bonds is 8. The molecule has 3 N–H and O–H groups in total. The third-order valence-corrected chi connectivity index (χ3v) is 4.27. The van der Waals surface area contributed by atoms with Gasteiger partial charge in [0.2, 0.25) is 17.4 Å². The molecule has 3 aromatic rings. The molecule has 0 aliphatic heterocycles. The molecule has 0 saturated heterocycles. The second-order valence-electron chi connectivity index (χ2n) is 6.49. The van der Waals surface area contributed by atoms with Crippen LogP contribution in [0.1, 0.15) is 41.5 Å². The van der Waals surface area contributed by atoms with Crippen LogP contribution in [0.2, 0.25) is 0 Å². The average Bonchev–Trinajstić information content (AvgIpc) is 3.38. The Balaban J connectivity index is 1.86. The maximum absolute atomic E-state index is 12.7. The Kier molecular flexibility index (Phi) is 6.33. The fourth-order valence-electron chi connectivity index (χ4n) is 2.90. The van der Waals surface area contributed by atoms with Crippen molar-refractivity contribution in [2.75, 3.05) is 27.1 Å². The average molecular weight is 430 g/mol. The lowest BCUT2D eigenvalue weighted by Gasteiger charge is -2.13. The molecule has 1 aromatic carbocycles. The standard InChI is InChI=1S/C18H22N8O5/c1-9(2)13-12(21-25-26(13)17-16(19)23-31-24-17)18(27)22-20-8-10-6-7-11(28-3)15(30-5)14(10)29-4/h6-9H,1-5H3,(H2,19,23)(H,22,27)/b20-8-. The molecule has 2 aromatic heterocycles. The van der Waals surface area contributed by atoms with Crippen LogP contribution in [-0.2, 0) is 0 Å². The molecule has 3 rings (SSSR count). The molecule has 0 unspecified atom stereocenters. The van der Waals surface area contributed by atoms with Gasteiger partial charge in [-0.25, -0.2) is 10.1 Å². The zero-order chi connectivity index (χ0) is 22.5. The van der Waals surface area contributed by atoms with Gasteiger partial charge >= 0.3 is 0 Å². The SMILES string of the molecule is COc1ccc(/C=N\NC(=O)c2nnn(-c3nonc3N)c2C(C)C)c(OC)c1OC. The summed E-state index contributed by atoms with van der Waals surface area (Å²) < 4.78 is 21.9. The first-order valence-corrected chi connectivity index (χ1v) is 9.09. The zero-order valence-corrected chi connectivity index (χ0v) is 17.6. The van der Waals surface area contributed by atoms with E-state index < -0.39 is 5.91 Å². The van der Waals surface area contributed by atoms with Gasteiger partial charge in [0.1, 0.15) is 0 Å². The maximum atomic E-state index is 12.7. The minimum atomic E-state index is -0.569. The number of nitrogens with zero attached hydrogens (tertiary/aromatic N) is 6. The van der Waals surface area contributed by atoms with Gasteiger partial charge in [-0.3, -0.25) is 4.79 Å². The van der Waals surface area contributed by atoms with Gasteiger partial charge in [0.05, 0.1) is 33.2 Å². The number of carbonyl (C=O) groups excluding carboxylic acids is 1. The predicted octanol–water partition coefficient (Wildman–Crippen LogP) is 1.15. The van der Waals surface area contributed by atoms with Gasteiger partial charge in [-0.15, -0.1) is 5.10 Å². The van der Waals surface area contributed by atoms with Crippen molar-refractivity contribution in [2.45, 2.75) is 19.8 Å². The van der Waals surface area contributed by atoms with Crippen LogP contribution in [0.3, 0.4) is 0 Å². The van der Waals surface area contributed by atoms with Gasteiger partial charge in [0, 0.05) is 5.56 Å². The van der Waals surface area contributed by atoms with Crippen LogP contribution in [0.15, 0.2) is 21.9 Å². The highest BCUT2D eigenvalue weighted by atomic mass is 16.6. The fourth-order valence-corrected chi connectivity index (χ4v) is 2.90. The van der Waals surface area contributed by atoms with Crippen molar-refractivity contribution < 1.29 is 23.6 Å². The highest BCUT2D eigenvalue weighted by Crippen LogP contribution is 2.38. The van der Waals surface area contributed by atoms with Crippen molar-refractivity contribution in [1.29, 1.82) is 0 Å². The molecular weight excluding hydrogens is 408 g/mol. The number of hydrogen-bond acceptors (Lipinski definition) is 11. The van der Waals surface area contributed by atoms with E-state index in [4.69, 9.17) is 19.9 Å². The zero-order valence-electron chi connectivity index (χ0n) is 17.6. The molecule has 164 valence electrons. The number of nitrogen functional groups attached to an aromatic ring is 1. The molecule has 0 radical (unpaired) electrons. The van der Waals surface area contributed by atoms with E-state index in [1.165, 1.54) is 32.2 Å². The lowest BCUT2D eigenvalue weighted by Crippen LogP contribution is -2.21. The largest absolute Gasteiger partial charge is 0.493 e. The van der Waals surface area contributed by atoms with E-state index in [0.717, 1.165) is 0 Å². The van der Waals surface area contributed by atoms with E-state index in [0.29, 0.717) is 28.5 Å². The van der Waals surface area contributed by atoms with Crippen LogP contribution < -0.4 is 25.4 Å². The van der Waals surface area contributed by atoms with E-state index in [1.807, 2.05) is 13.8 Å². The summed E-state index contributed by atoms with van der Waals surface area (Å²) in [6, 6.07) is 3.41. The molecule has 13 nitrogen and oxygen atoms in total. The summed E-state index contributed by atoms with van der Waals surface area (Å²) in [4.78, 5) is 12.7. The van der Waals surface area contributed by atoms with Crippen molar-refractivity contribution in [3.63, 3.8) is 0 Å². The first-order chi connectivity index (χ1) is 14.9. The monoisotopic (exact) mass is 430 g/mol. The van der Waals surface area contributed by atoms with Crippen LogP contribution in [0.5, 0.6) is 17.2 Å². The van der Waals surface area contributed by atoms with Crippen molar-refractivity contribution in [3.8, 4) is 23.1 Å². The minimum absolute atomic E-state index is 0.0253. The van der Waals surface area contributed by atoms with Crippen molar-refractivity contribution in [3.05, 3.63) is 29.1 Å². The van der Waals surface area contributed by atoms with Crippen LogP contribution in [-0.4, -0.2) is 58.8 Å². The molecule has 0 bridgehead atoms. The number of nitrogens with one attached hydrogen (secondary N) is 1. The number of amides is 1. The predicted molar refractivity (Wildman–Crippen MR) is 109 cm³/mol. The lowest BCUT2D eigenvalue weighted by atomic mass is 10.1. The Bertz CT molecular complexity index is 1100. The minimum Gasteiger partial charge on any atom is -0.493 e. The second kappa shape index (κ2) is 9.11. The van der Waals surface area contributed by atoms with Crippen LogP contribution in [0, 0.1) is 0 Å². The van der Waals surface area contributed by atoms with Crippen molar-refractivity contribution >= 4 is 17.9 Å². The van der Waals surface area contributed by atoms with Crippen molar-refractivity contribution in [1.82, 2.24) is 30.7 Å². The summed E-state index contributed by atoms with van der Waals surface area (Å²) in [5.74, 6) is 0.778.